The number of nitrogens with one attached hydrogen (secondary N) is 1. The van der Waals surface area contributed by atoms with Gasteiger partial charge in [0.1, 0.15) is 0 Å². The van der Waals surface area contributed by atoms with E-state index in [1.54, 1.807) is 12.3 Å². The summed E-state index contributed by atoms with van der Waals surface area (Å²) < 4.78 is 0. The van der Waals surface area contributed by atoms with Gasteiger partial charge in [-0.3, -0.25) is 10.1 Å². The molecule has 1 saturated heterocycles. The molecule has 1 N–H and O–H groups in total. The number of rotatable bonds is 5. The monoisotopic (exact) mass is 276 g/mol. The fourth-order valence-corrected chi connectivity index (χ4v) is 2.73. The van der Waals surface area contributed by atoms with Crippen molar-refractivity contribution in [3.05, 3.63) is 28.4 Å². The van der Waals surface area contributed by atoms with Gasteiger partial charge in [-0.15, -0.1) is 0 Å². The van der Waals surface area contributed by atoms with E-state index in [9.17, 15) is 10.1 Å². The molecule has 0 amide bonds. The van der Waals surface area contributed by atoms with E-state index in [1.165, 1.54) is 18.9 Å². The molecule has 0 radical (unpaired) electrons. The van der Waals surface area contributed by atoms with Crippen molar-refractivity contribution in [1.82, 2.24) is 10.3 Å². The first kappa shape index (κ1) is 13.3. The highest BCUT2D eigenvalue weighted by Crippen LogP contribution is 2.29. The minimum absolute atomic E-state index is 0.108. The van der Waals surface area contributed by atoms with Crippen molar-refractivity contribution in [2.24, 2.45) is 5.92 Å². The Labute approximate surface area is 118 Å². The normalized spacial score (nSPS) is 20.1. The molecule has 1 aromatic heterocycles. The molecule has 6 heteroatoms. The van der Waals surface area contributed by atoms with Crippen LogP contribution in [0.25, 0.3) is 0 Å². The summed E-state index contributed by atoms with van der Waals surface area (Å²) in [6.07, 6.45) is 6.42. The van der Waals surface area contributed by atoms with E-state index in [0.29, 0.717) is 11.9 Å². The van der Waals surface area contributed by atoms with Crippen molar-refractivity contribution in [2.75, 3.05) is 24.5 Å². The van der Waals surface area contributed by atoms with Crippen LogP contribution in [-0.4, -0.2) is 35.6 Å². The lowest BCUT2D eigenvalue weighted by Crippen LogP contribution is -2.43. The first-order valence-corrected chi connectivity index (χ1v) is 7.32. The van der Waals surface area contributed by atoms with Gasteiger partial charge in [0.25, 0.3) is 0 Å². The molecular weight excluding hydrogens is 256 g/mol. The second-order valence-electron chi connectivity index (χ2n) is 5.72. The molecule has 1 saturated carbocycles. The second-order valence-corrected chi connectivity index (χ2v) is 5.72. The van der Waals surface area contributed by atoms with E-state index >= 15 is 0 Å². The number of nitrogens with zero attached hydrogens (tertiary/aromatic N) is 3. The number of piperidine rings is 1. The minimum Gasteiger partial charge on any atom is -0.351 e. The Kier molecular flexibility index (Phi) is 3.82. The zero-order valence-corrected chi connectivity index (χ0v) is 11.5. The Morgan fingerprint density at radius 1 is 1.35 bits per heavy atom. The van der Waals surface area contributed by atoms with E-state index in [0.717, 1.165) is 38.4 Å². The third-order valence-electron chi connectivity index (χ3n) is 4.15. The molecule has 1 aliphatic heterocycles. The molecule has 2 fully saturated rings. The Morgan fingerprint density at radius 2 is 2.10 bits per heavy atom. The molecule has 0 atom stereocenters. The maximum atomic E-state index is 11.0. The van der Waals surface area contributed by atoms with Crippen molar-refractivity contribution >= 4 is 11.5 Å². The molecular formula is C14H20N4O2. The van der Waals surface area contributed by atoms with E-state index in [4.69, 9.17) is 0 Å². The van der Waals surface area contributed by atoms with Crippen molar-refractivity contribution in [3.63, 3.8) is 0 Å². The maximum Gasteiger partial charge on any atom is 0.311 e. The molecule has 2 heterocycles. The van der Waals surface area contributed by atoms with Gasteiger partial charge in [-0.25, -0.2) is 4.98 Å². The standard InChI is InChI=1S/C14H20N4O2/c19-18(20)13-2-1-7-15-14(13)17-8-5-12(6-9-17)16-10-11-3-4-11/h1-2,7,11-12,16H,3-6,8-10H2. The molecule has 3 rings (SSSR count). The lowest BCUT2D eigenvalue weighted by molar-refractivity contribution is -0.384. The summed E-state index contributed by atoms with van der Waals surface area (Å²) in [4.78, 5) is 16.9. The Bertz CT molecular complexity index is 482. The summed E-state index contributed by atoms with van der Waals surface area (Å²) in [6.45, 7) is 2.80. The second kappa shape index (κ2) is 5.75. The average Bonchev–Trinajstić information content (AvgIpc) is 3.30. The van der Waals surface area contributed by atoms with E-state index in [-0.39, 0.29) is 10.6 Å². The van der Waals surface area contributed by atoms with E-state index in [2.05, 4.69) is 10.3 Å². The largest absolute Gasteiger partial charge is 0.351 e. The van der Waals surface area contributed by atoms with Crippen molar-refractivity contribution < 1.29 is 4.92 Å². The SMILES string of the molecule is O=[N+]([O-])c1cccnc1N1CCC(NCC2CC2)CC1. The van der Waals surface area contributed by atoms with Gasteiger partial charge < -0.3 is 10.2 Å². The van der Waals surface area contributed by atoms with Gasteiger partial charge in [0.15, 0.2) is 0 Å². The summed E-state index contributed by atoms with van der Waals surface area (Å²) in [7, 11) is 0. The van der Waals surface area contributed by atoms with Crippen LogP contribution in [0.3, 0.4) is 0 Å². The quantitative estimate of drug-likeness (QED) is 0.657. The maximum absolute atomic E-state index is 11.0. The van der Waals surface area contributed by atoms with Crippen LogP contribution < -0.4 is 10.2 Å². The van der Waals surface area contributed by atoms with Crippen LogP contribution in [0, 0.1) is 16.0 Å². The predicted molar refractivity (Wildman–Crippen MR) is 76.9 cm³/mol. The first-order valence-electron chi connectivity index (χ1n) is 7.32. The topological polar surface area (TPSA) is 71.3 Å². The summed E-state index contributed by atoms with van der Waals surface area (Å²) in [5, 5.41) is 14.7. The number of nitro groups is 1. The van der Waals surface area contributed by atoms with Gasteiger partial charge in [0.2, 0.25) is 5.82 Å². The van der Waals surface area contributed by atoms with Gasteiger partial charge in [0.05, 0.1) is 4.92 Å². The summed E-state index contributed by atoms with van der Waals surface area (Å²) in [5.41, 5.74) is 0.108. The molecule has 2 aliphatic rings. The van der Waals surface area contributed by atoms with Crippen LogP contribution in [0.15, 0.2) is 18.3 Å². The Balaban J connectivity index is 1.58. The summed E-state index contributed by atoms with van der Waals surface area (Å²) >= 11 is 0. The predicted octanol–water partition coefficient (Wildman–Crippen LogP) is 1.96. The third-order valence-corrected chi connectivity index (χ3v) is 4.15. The third kappa shape index (κ3) is 3.07. The van der Waals surface area contributed by atoms with Crippen molar-refractivity contribution in [2.45, 2.75) is 31.7 Å². The molecule has 1 aromatic rings. The lowest BCUT2D eigenvalue weighted by Gasteiger charge is -2.32. The summed E-state index contributed by atoms with van der Waals surface area (Å²) in [6, 6.07) is 3.69. The fraction of sp³-hybridized carbons (Fsp3) is 0.643. The molecule has 0 unspecified atom stereocenters. The van der Waals surface area contributed by atoms with Gasteiger partial charge in [-0.05, 0) is 44.2 Å². The van der Waals surface area contributed by atoms with Crippen molar-refractivity contribution in [1.29, 1.82) is 0 Å². The Hall–Kier alpha value is -1.69. The van der Waals surface area contributed by atoms with Crippen LogP contribution in [0.5, 0.6) is 0 Å². The van der Waals surface area contributed by atoms with Crippen LogP contribution in [0.4, 0.5) is 11.5 Å². The molecule has 0 spiro atoms. The van der Waals surface area contributed by atoms with E-state index < -0.39 is 0 Å². The molecule has 0 aromatic carbocycles. The summed E-state index contributed by atoms with van der Waals surface area (Å²) in [5.74, 6) is 1.41. The molecule has 0 bridgehead atoms. The fourth-order valence-electron chi connectivity index (χ4n) is 2.73. The number of aromatic nitrogens is 1. The van der Waals surface area contributed by atoms with Crippen LogP contribution in [0.1, 0.15) is 25.7 Å². The number of anilines is 1. The average molecular weight is 276 g/mol. The minimum atomic E-state index is -0.347. The van der Waals surface area contributed by atoms with Crippen LogP contribution in [-0.2, 0) is 0 Å². The van der Waals surface area contributed by atoms with Crippen LogP contribution >= 0.6 is 0 Å². The number of pyridine rings is 1. The zero-order valence-electron chi connectivity index (χ0n) is 11.5. The van der Waals surface area contributed by atoms with Gasteiger partial charge in [-0.2, -0.15) is 0 Å². The lowest BCUT2D eigenvalue weighted by atomic mass is 10.0. The van der Waals surface area contributed by atoms with Crippen molar-refractivity contribution in [3.8, 4) is 0 Å². The smallest absolute Gasteiger partial charge is 0.311 e. The highest BCUT2D eigenvalue weighted by Gasteiger charge is 2.27. The zero-order chi connectivity index (χ0) is 13.9. The van der Waals surface area contributed by atoms with E-state index in [1.807, 2.05) is 4.90 Å². The highest BCUT2D eigenvalue weighted by molar-refractivity contribution is 5.57. The molecule has 1 aliphatic carbocycles. The molecule has 6 nitrogen and oxygen atoms in total. The molecule has 108 valence electrons. The van der Waals surface area contributed by atoms with Gasteiger partial charge in [-0.1, -0.05) is 0 Å². The number of hydrogen-bond donors (Lipinski definition) is 1. The Morgan fingerprint density at radius 3 is 2.75 bits per heavy atom. The van der Waals surface area contributed by atoms with Crippen LogP contribution in [0.2, 0.25) is 0 Å². The number of hydrogen-bond acceptors (Lipinski definition) is 5. The van der Waals surface area contributed by atoms with Gasteiger partial charge >= 0.3 is 5.69 Å². The highest BCUT2D eigenvalue weighted by atomic mass is 16.6. The molecule has 20 heavy (non-hydrogen) atoms. The van der Waals surface area contributed by atoms with Gasteiger partial charge in [0, 0.05) is 31.4 Å². The first-order chi connectivity index (χ1) is 9.74.